The minimum atomic E-state index is -2.27. The minimum Gasteiger partial charge on any atom is -0.377 e. The van der Waals surface area contributed by atoms with E-state index in [1.807, 2.05) is 0 Å². The van der Waals surface area contributed by atoms with Crippen LogP contribution in [0.3, 0.4) is 0 Å². The summed E-state index contributed by atoms with van der Waals surface area (Å²) in [6.45, 7) is 4.40. The summed E-state index contributed by atoms with van der Waals surface area (Å²) in [5, 5.41) is 0. The van der Waals surface area contributed by atoms with Crippen LogP contribution in [0.15, 0.2) is 0 Å². The molecule has 0 aliphatic heterocycles. The van der Waals surface area contributed by atoms with Crippen LogP contribution in [0.1, 0.15) is 65.2 Å². The van der Waals surface area contributed by atoms with Crippen molar-refractivity contribution in [2.75, 3.05) is 42.7 Å². The zero-order valence-corrected chi connectivity index (χ0v) is 20.5. The number of rotatable bonds is 16. The molecule has 0 aliphatic rings. The second kappa shape index (κ2) is 18.6. The fraction of sp³-hybridized carbons (Fsp3) is 1.00. The van der Waals surface area contributed by atoms with Gasteiger partial charge in [-0.25, -0.2) is 0 Å². The molecule has 0 amide bonds. The first-order valence-corrected chi connectivity index (χ1v) is 13.7. The van der Waals surface area contributed by atoms with Gasteiger partial charge in [0.2, 0.25) is 0 Å². The molecule has 0 aromatic carbocycles. The molecule has 0 spiro atoms. The van der Waals surface area contributed by atoms with Crippen LogP contribution in [-0.4, -0.2) is 60.3 Å². The lowest BCUT2D eigenvalue weighted by Gasteiger charge is -2.24. The summed E-state index contributed by atoms with van der Waals surface area (Å²) in [5.74, 6) is 0. The molecule has 0 rings (SSSR count). The molecule has 0 unspecified atom stereocenters. The predicted molar refractivity (Wildman–Crippen MR) is 111 cm³/mol. The Labute approximate surface area is 164 Å². The average Bonchev–Trinajstić information content (AvgIpc) is 2.70. The van der Waals surface area contributed by atoms with Gasteiger partial charge < -0.3 is 26.6 Å². The molecule has 0 aromatic heterocycles. The number of hydrogen-bond acceptors (Lipinski definition) is 6. The Bertz CT molecular complexity index is 242. The third kappa shape index (κ3) is 12.6. The Morgan fingerprint density at radius 1 is 0.423 bits per heavy atom. The Hall–Kier alpha value is 0.194. The van der Waals surface area contributed by atoms with Crippen molar-refractivity contribution in [3.63, 3.8) is 0 Å². The van der Waals surface area contributed by atoms with Crippen LogP contribution in [-0.2, 0) is 26.6 Å². The summed E-state index contributed by atoms with van der Waals surface area (Å²) < 4.78 is 31.9. The largest absolute Gasteiger partial charge is 0.500 e. The first-order chi connectivity index (χ1) is 12.5. The van der Waals surface area contributed by atoms with Crippen LogP contribution in [0.2, 0.25) is 12.1 Å². The molecule has 0 aliphatic carbocycles. The zero-order valence-electron chi connectivity index (χ0n) is 18.5. The van der Waals surface area contributed by atoms with Crippen molar-refractivity contribution in [3.05, 3.63) is 0 Å². The second-order valence-electron chi connectivity index (χ2n) is 6.21. The molecular weight excluding hydrogens is 368 g/mol. The fourth-order valence-electron chi connectivity index (χ4n) is 2.65. The summed E-state index contributed by atoms with van der Waals surface area (Å²) in [6.07, 6.45) is 9.81. The van der Waals surface area contributed by atoms with Gasteiger partial charge in [0.15, 0.2) is 0 Å². The smallest absolute Gasteiger partial charge is 0.377 e. The van der Waals surface area contributed by atoms with Crippen molar-refractivity contribution >= 4 is 17.6 Å². The van der Waals surface area contributed by atoms with Gasteiger partial charge in [0.05, 0.1) is 0 Å². The van der Waals surface area contributed by atoms with Gasteiger partial charge in [-0.3, -0.25) is 0 Å². The normalized spacial score (nSPS) is 12.0. The SMILES string of the molecule is CCCCCC[Si](OC)(OC)OC.CCCCCC[Si](OC)(OC)OC. The summed E-state index contributed by atoms with van der Waals surface area (Å²) in [5.41, 5.74) is 0. The summed E-state index contributed by atoms with van der Waals surface area (Å²) in [7, 11) is 5.46. The fourth-order valence-corrected chi connectivity index (χ4v) is 6.24. The van der Waals surface area contributed by atoms with Crippen molar-refractivity contribution in [2.24, 2.45) is 0 Å². The van der Waals surface area contributed by atoms with Gasteiger partial charge in [0, 0.05) is 54.7 Å². The lowest BCUT2D eigenvalue weighted by Crippen LogP contribution is -2.42. The predicted octanol–water partition coefficient (Wildman–Crippen LogP) is 4.89. The molecule has 0 fully saturated rings. The van der Waals surface area contributed by atoms with Gasteiger partial charge in [0.25, 0.3) is 0 Å². The van der Waals surface area contributed by atoms with Crippen molar-refractivity contribution in [2.45, 2.75) is 77.3 Å². The third-order valence-corrected chi connectivity index (χ3v) is 10.2. The molecule has 0 N–H and O–H groups in total. The van der Waals surface area contributed by atoms with Crippen LogP contribution < -0.4 is 0 Å². The number of hydrogen-bond donors (Lipinski definition) is 0. The quantitative estimate of drug-likeness (QED) is 0.266. The van der Waals surface area contributed by atoms with E-state index in [2.05, 4.69) is 13.8 Å². The highest BCUT2D eigenvalue weighted by Gasteiger charge is 2.37. The van der Waals surface area contributed by atoms with Crippen LogP contribution >= 0.6 is 0 Å². The molecule has 0 bridgehead atoms. The molecule has 6 nitrogen and oxygen atoms in total. The molecule has 160 valence electrons. The second-order valence-corrected chi connectivity index (χ2v) is 12.4. The maximum atomic E-state index is 5.31. The molecule has 0 atom stereocenters. The monoisotopic (exact) mass is 412 g/mol. The highest BCUT2D eigenvalue weighted by Crippen LogP contribution is 2.18. The third-order valence-electron chi connectivity index (χ3n) is 4.54. The van der Waals surface area contributed by atoms with Crippen molar-refractivity contribution < 1.29 is 26.6 Å². The van der Waals surface area contributed by atoms with Crippen molar-refractivity contribution in [1.82, 2.24) is 0 Å². The molecule has 0 aromatic rings. The van der Waals surface area contributed by atoms with E-state index in [9.17, 15) is 0 Å². The maximum Gasteiger partial charge on any atom is 0.500 e. The highest BCUT2D eigenvalue weighted by atomic mass is 28.4. The van der Waals surface area contributed by atoms with Gasteiger partial charge in [-0.15, -0.1) is 0 Å². The van der Waals surface area contributed by atoms with E-state index >= 15 is 0 Å². The molecular formula is C18H44O6Si2. The first kappa shape index (κ1) is 28.4. The van der Waals surface area contributed by atoms with Crippen LogP contribution in [0.25, 0.3) is 0 Å². The molecule has 0 radical (unpaired) electrons. The van der Waals surface area contributed by atoms with Crippen LogP contribution in [0.4, 0.5) is 0 Å². The Balaban J connectivity index is 0. The highest BCUT2D eigenvalue weighted by molar-refractivity contribution is 6.60. The Kier molecular flexibility index (Phi) is 20.3. The van der Waals surface area contributed by atoms with E-state index in [4.69, 9.17) is 26.6 Å². The molecule has 8 heteroatoms. The number of unbranched alkanes of at least 4 members (excludes halogenated alkanes) is 6. The van der Waals surface area contributed by atoms with Crippen LogP contribution in [0, 0.1) is 0 Å². The van der Waals surface area contributed by atoms with Crippen molar-refractivity contribution in [1.29, 1.82) is 0 Å². The van der Waals surface area contributed by atoms with E-state index < -0.39 is 17.6 Å². The van der Waals surface area contributed by atoms with Gasteiger partial charge in [-0.1, -0.05) is 52.4 Å². The lowest BCUT2D eigenvalue weighted by molar-refractivity contribution is 0.122. The van der Waals surface area contributed by atoms with E-state index in [0.29, 0.717) is 0 Å². The minimum absolute atomic E-state index is 0.927. The van der Waals surface area contributed by atoms with Gasteiger partial charge in [-0.2, -0.15) is 0 Å². The topological polar surface area (TPSA) is 55.4 Å². The van der Waals surface area contributed by atoms with Gasteiger partial charge >= 0.3 is 17.6 Å². The Morgan fingerprint density at radius 2 is 0.692 bits per heavy atom. The summed E-state index contributed by atoms with van der Waals surface area (Å²) in [6, 6.07) is 1.85. The molecule has 0 saturated heterocycles. The molecule has 0 heterocycles. The van der Waals surface area contributed by atoms with E-state index in [-0.39, 0.29) is 0 Å². The Morgan fingerprint density at radius 3 is 0.885 bits per heavy atom. The first-order valence-electron chi connectivity index (χ1n) is 9.80. The summed E-state index contributed by atoms with van der Waals surface area (Å²) >= 11 is 0. The standard InChI is InChI=1S/2C9H22O3Si/c2*1-5-6-7-8-9-13(10-2,11-3)12-4/h2*5-9H2,1-4H3. The van der Waals surface area contributed by atoms with Crippen molar-refractivity contribution in [3.8, 4) is 0 Å². The van der Waals surface area contributed by atoms with E-state index in [0.717, 1.165) is 24.9 Å². The van der Waals surface area contributed by atoms with Crippen LogP contribution in [0.5, 0.6) is 0 Å². The lowest BCUT2D eigenvalue weighted by atomic mass is 10.2. The maximum absolute atomic E-state index is 5.31. The molecule has 26 heavy (non-hydrogen) atoms. The average molecular weight is 413 g/mol. The van der Waals surface area contributed by atoms with Gasteiger partial charge in [0.1, 0.15) is 0 Å². The van der Waals surface area contributed by atoms with E-state index in [1.165, 1.54) is 38.5 Å². The summed E-state index contributed by atoms with van der Waals surface area (Å²) in [4.78, 5) is 0. The van der Waals surface area contributed by atoms with Gasteiger partial charge in [-0.05, 0) is 12.8 Å². The molecule has 0 saturated carbocycles. The zero-order chi connectivity index (χ0) is 20.3. The van der Waals surface area contributed by atoms with E-state index in [1.54, 1.807) is 42.7 Å².